The van der Waals surface area contributed by atoms with Crippen LogP contribution in [0.1, 0.15) is 18.4 Å². The van der Waals surface area contributed by atoms with Crippen molar-refractivity contribution in [3.8, 4) is 0 Å². The maximum absolute atomic E-state index is 13.5. The molecular weight excluding hydrogens is 289 g/mol. The Morgan fingerprint density at radius 2 is 2.21 bits per heavy atom. The minimum atomic E-state index is -1.45. The molecular formula is C13H15ClFNO2S. The summed E-state index contributed by atoms with van der Waals surface area (Å²) in [6.45, 7) is 0.649. The van der Waals surface area contributed by atoms with Gasteiger partial charge in [0.15, 0.2) is 0 Å². The molecule has 1 unspecified atom stereocenters. The molecule has 1 N–H and O–H groups in total. The third kappa shape index (κ3) is 4.58. The van der Waals surface area contributed by atoms with Gasteiger partial charge in [-0.15, -0.1) is 0 Å². The summed E-state index contributed by atoms with van der Waals surface area (Å²) < 4.78 is 25.3. The molecule has 1 aromatic carbocycles. The van der Waals surface area contributed by atoms with Gasteiger partial charge in [-0.05, 0) is 30.9 Å². The Morgan fingerprint density at radius 3 is 2.84 bits per heavy atom. The molecule has 1 aliphatic carbocycles. The van der Waals surface area contributed by atoms with E-state index in [1.165, 1.54) is 12.1 Å². The fourth-order valence-corrected chi connectivity index (χ4v) is 3.08. The standard InChI is InChI=1S/C13H15ClFNO2S/c14-11-2-1-3-12(15)10(11)7-19(18)8-13(17)16-6-9-4-5-9/h1-3,9H,4-8H2,(H,16,17). The van der Waals surface area contributed by atoms with Crippen LogP contribution >= 0.6 is 11.6 Å². The second-order valence-electron chi connectivity index (χ2n) is 4.68. The van der Waals surface area contributed by atoms with Crippen LogP contribution < -0.4 is 5.32 Å². The molecule has 1 atom stereocenters. The highest BCUT2D eigenvalue weighted by atomic mass is 35.5. The van der Waals surface area contributed by atoms with Crippen molar-refractivity contribution in [2.45, 2.75) is 18.6 Å². The molecule has 0 bridgehead atoms. The first-order valence-electron chi connectivity index (χ1n) is 6.11. The summed E-state index contributed by atoms with van der Waals surface area (Å²) in [4.78, 5) is 11.5. The highest BCUT2D eigenvalue weighted by Crippen LogP contribution is 2.27. The molecule has 3 nitrogen and oxygen atoms in total. The van der Waals surface area contributed by atoms with E-state index < -0.39 is 16.6 Å². The van der Waals surface area contributed by atoms with Crippen molar-refractivity contribution in [1.82, 2.24) is 5.32 Å². The van der Waals surface area contributed by atoms with E-state index in [4.69, 9.17) is 11.6 Å². The van der Waals surface area contributed by atoms with E-state index >= 15 is 0 Å². The Hall–Kier alpha value is -0.940. The van der Waals surface area contributed by atoms with E-state index in [1.54, 1.807) is 6.07 Å². The average Bonchev–Trinajstić information content (AvgIpc) is 3.15. The van der Waals surface area contributed by atoms with Crippen molar-refractivity contribution in [2.24, 2.45) is 5.92 Å². The van der Waals surface area contributed by atoms with Gasteiger partial charge in [-0.25, -0.2) is 4.39 Å². The fourth-order valence-electron chi connectivity index (χ4n) is 1.66. The molecule has 0 radical (unpaired) electrons. The predicted molar refractivity (Wildman–Crippen MR) is 73.9 cm³/mol. The molecule has 19 heavy (non-hydrogen) atoms. The first-order valence-corrected chi connectivity index (χ1v) is 7.97. The molecule has 1 fully saturated rings. The minimum absolute atomic E-state index is 0.0393. The van der Waals surface area contributed by atoms with E-state index in [1.807, 2.05) is 0 Å². The zero-order valence-electron chi connectivity index (χ0n) is 10.3. The molecule has 2 rings (SSSR count). The summed E-state index contributed by atoms with van der Waals surface area (Å²) in [6, 6.07) is 4.31. The normalized spacial score (nSPS) is 16.1. The molecule has 104 valence electrons. The number of benzene rings is 1. The van der Waals surface area contributed by atoms with E-state index in [0.29, 0.717) is 12.5 Å². The van der Waals surface area contributed by atoms with Crippen LogP contribution in [0.4, 0.5) is 4.39 Å². The van der Waals surface area contributed by atoms with Crippen LogP contribution in [0.3, 0.4) is 0 Å². The maximum atomic E-state index is 13.5. The topological polar surface area (TPSA) is 46.2 Å². The second kappa shape index (κ2) is 6.48. The van der Waals surface area contributed by atoms with Gasteiger partial charge in [0.2, 0.25) is 5.91 Å². The van der Waals surface area contributed by atoms with Crippen LogP contribution in [0, 0.1) is 11.7 Å². The highest BCUT2D eigenvalue weighted by molar-refractivity contribution is 7.84. The lowest BCUT2D eigenvalue weighted by atomic mass is 10.2. The lowest BCUT2D eigenvalue weighted by Crippen LogP contribution is -2.30. The zero-order chi connectivity index (χ0) is 13.8. The summed E-state index contributed by atoms with van der Waals surface area (Å²) in [7, 11) is -1.45. The van der Waals surface area contributed by atoms with E-state index in [9.17, 15) is 13.4 Å². The SMILES string of the molecule is O=C(CS(=O)Cc1c(F)cccc1Cl)NCC1CC1. The molecule has 0 saturated heterocycles. The van der Waals surface area contributed by atoms with Crippen LogP contribution in [-0.4, -0.2) is 22.4 Å². The second-order valence-corrected chi connectivity index (χ2v) is 6.54. The third-order valence-corrected chi connectivity index (χ3v) is 4.49. The van der Waals surface area contributed by atoms with Crippen LogP contribution in [0.25, 0.3) is 0 Å². The first-order chi connectivity index (χ1) is 9.06. The Balaban J connectivity index is 1.84. The number of carbonyl (C=O) groups excluding carboxylic acids is 1. The lowest BCUT2D eigenvalue weighted by molar-refractivity contribution is -0.118. The molecule has 1 saturated carbocycles. The number of halogens is 2. The van der Waals surface area contributed by atoms with Gasteiger partial charge in [-0.1, -0.05) is 17.7 Å². The number of rotatable bonds is 6. The van der Waals surface area contributed by atoms with Gasteiger partial charge in [0, 0.05) is 27.9 Å². The quantitative estimate of drug-likeness (QED) is 0.876. The number of nitrogens with one attached hydrogen (secondary N) is 1. The summed E-state index contributed by atoms with van der Waals surface area (Å²) in [5.74, 6) is -0.310. The van der Waals surface area contributed by atoms with Crippen molar-refractivity contribution in [2.75, 3.05) is 12.3 Å². The average molecular weight is 304 g/mol. The smallest absolute Gasteiger partial charge is 0.232 e. The zero-order valence-corrected chi connectivity index (χ0v) is 11.9. The van der Waals surface area contributed by atoms with Crippen molar-refractivity contribution in [3.05, 3.63) is 34.6 Å². The van der Waals surface area contributed by atoms with E-state index in [0.717, 1.165) is 12.8 Å². The van der Waals surface area contributed by atoms with Gasteiger partial charge in [0.25, 0.3) is 0 Å². The Morgan fingerprint density at radius 1 is 1.47 bits per heavy atom. The molecule has 0 aromatic heterocycles. The Labute approximate surface area is 119 Å². The minimum Gasteiger partial charge on any atom is -0.355 e. The van der Waals surface area contributed by atoms with Gasteiger partial charge >= 0.3 is 0 Å². The summed E-state index contributed by atoms with van der Waals surface area (Å²) >= 11 is 5.85. The molecule has 0 aliphatic heterocycles. The van der Waals surface area contributed by atoms with Gasteiger partial charge in [0.05, 0.1) is 5.75 Å². The van der Waals surface area contributed by atoms with Gasteiger partial charge in [0.1, 0.15) is 11.6 Å². The maximum Gasteiger partial charge on any atom is 0.232 e. The summed E-state index contributed by atoms with van der Waals surface area (Å²) in [5.41, 5.74) is 0.206. The van der Waals surface area contributed by atoms with Crippen molar-refractivity contribution >= 4 is 28.3 Å². The molecule has 1 amide bonds. The Bertz CT molecular complexity index is 485. The number of hydrogen-bond donors (Lipinski definition) is 1. The van der Waals surface area contributed by atoms with E-state index in [-0.39, 0.29) is 28.0 Å². The lowest BCUT2D eigenvalue weighted by Gasteiger charge is -2.07. The van der Waals surface area contributed by atoms with Gasteiger partial charge in [-0.3, -0.25) is 9.00 Å². The van der Waals surface area contributed by atoms with Crippen LogP contribution in [0.15, 0.2) is 18.2 Å². The number of carbonyl (C=O) groups is 1. The summed E-state index contributed by atoms with van der Waals surface area (Å²) in [6.07, 6.45) is 2.29. The summed E-state index contributed by atoms with van der Waals surface area (Å²) in [5, 5.41) is 2.97. The number of amides is 1. The molecule has 0 heterocycles. The molecule has 1 aromatic rings. The highest BCUT2D eigenvalue weighted by Gasteiger charge is 2.22. The number of hydrogen-bond acceptors (Lipinski definition) is 2. The first kappa shape index (κ1) is 14.5. The van der Waals surface area contributed by atoms with Crippen molar-refractivity contribution in [3.63, 3.8) is 0 Å². The largest absolute Gasteiger partial charge is 0.355 e. The van der Waals surface area contributed by atoms with Crippen LogP contribution in [-0.2, 0) is 21.3 Å². The van der Waals surface area contributed by atoms with Crippen LogP contribution in [0.5, 0.6) is 0 Å². The fraction of sp³-hybridized carbons (Fsp3) is 0.462. The van der Waals surface area contributed by atoms with Crippen LogP contribution in [0.2, 0.25) is 5.02 Å². The van der Waals surface area contributed by atoms with Crippen molar-refractivity contribution < 1.29 is 13.4 Å². The predicted octanol–water partition coefficient (Wildman–Crippen LogP) is 2.25. The van der Waals surface area contributed by atoms with E-state index in [2.05, 4.69) is 5.32 Å². The van der Waals surface area contributed by atoms with Gasteiger partial charge in [-0.2, -0.15) is 0 Å². The third-order valence-electron chi connectivity index (χ3n) is 2.94. The van der Waals surface area contributed by atoms with Gasteiger partial charge < -0.3 is 5.32 Å². The Kier molecular flexibility index (Phi) is 4.93. The van der Waals surface area contributed by atoms with Crippen molar-refractivity contribution in [1.29, 1.82) is 0 Å². The monoisotopic (exact) mass is 303 g/mol. The molecule has 0 spiro atoms. The molecule has 6 heteroatoms. The molecule has 1 aliphatic rings.